The smallest absolute Gasteiger partial charge is 0.417 e. The van der Waals surface area contributed by atoms with Gasteiger partial charge in [-0.2, -0.15) is 13.2 Å². The number of ketones is 1. The zero-order valence-electron chi connectivity index (χ0n) is 25.4. The lowest BCUT2D eigenvalue weighted by Gasteiger charge is -2.41. The molecule has 0 bridgehead atoms. The molecule has 2 atom stereocenters. The molecule has 2 N–H and O–H groups in total. The number of aryl methyl sites for hydroxylation is 1. The van der Waals surface area contributed by atoms with E-state index in [1.54, 1.807) is 39.2 Å². The van der Waals surface area contributed by atoms with Crippen LogP contribution in [0, 0.1) is 11.6 Å². The molecule has 0 saturated carbocycles. The maximum atomic E-state index is 15.3. The topological polar surface area (TPSA) is 81.8 Å². The molecule has 7 rings (SSSR count). The summed E-state index contributed by atoms with van der Waals surface area (Å²) < 4.78 is 88.9. The number of pyridine rings is 1. The molecule has 13 heteroatoms. The van der Waals surface area contributed by atoms with Crippen molar-refractivity contribution in [3.8, 4) is 16.9 Å². The second-order valence-electron chi connectivity index (χ2n) is 12.4. The fraction of sp³-hybridized carbons (Fsp3) is 0.333. The van der Waals surface area contributed by atoms with Crippen LogP contribution in [0.5, 0.6) is 5.75 Å². The van der Waals surface area contributed by atoms with Crippen LogP contribution >= 0.6 is 0 Å². The SMILES string of the molecule is CC(Nc1c(F)cc(C(=O)c2cc3c4c(cccn24)-c2c(C(F)(F)F)cc4c(ncn4C)c2OC(C)C3)cc1F)NC1(C)COC1. The monoisotopic (exact) mass is 639 g/mol. The zero-order valence-corrected chi connectivity index (χ0v) is 25.4. The van der Waals surface area contributed by atoms with Crippen LogP contribution in [-0.4, -0.2) is 50.8 Å². The van der Waals surface area contributed by atoms with Crippen molar-refractivity contribution in [2.75, 3.05) is 18.5 Å². The first kappa shape index (κ1) is 30.2. The number of halogens is 5. The van der Waals surface area contributed by atoms with Gasteiger partial charge in [0.2, 0.25) is 5.78 Å². The molecule has 0 amide bonds. The average molecular weight is 640 g/mol. The Kier molecular flexibility index (Phi) is 6.91. The lowest BCUT2D eigenvalue weighted by molar-refractivity contribution is -0.137. The lowest BCUT2D eigenvalue weighted by atomic mass is 9.93. The third kappa shape index (κ3) is 4.89. The minimum Gasteiger partial charge on any atom is -0.487 e. The third-order valence-corrected chi connectivity index (χ3v) is 8.55. The number of alkyl halides is 3. The van der Waals surface area contributed by atoms with E-state index in [4.69, 9.17) is 9.47 Å². The van der Waals surface area contributed by atoms with Gasteiger partial charge in [0.05, 0.1) is 53.5 Å². The van der Waals surface area contributed by atoms with Gasteiger partial charge >= 0.3 is 6.18 Å². The number of hydrogen-bond acceptors (Lipinski definition) is 6. The number of nitrogens with zero attached hydrogens (tertiary/aromatic N) is 3. The predicted molar refractivity (Wildman–Crippen MR) is 161 cm³/mol. The second-order valence-corrected chi connectivity index (χ2v) is 12.4. The fourth-order valence-electron chi connectivity index (χ4n) is 6.52. The molecule has 3 aromatic heterocycles. The van der Waals surface area contributed by atoms with Crippen LogP contribution in [0.1, 0.15) is 48.0 Å². The van der Waals surface area contributed by atoms with Gasteiger partial charge < -0.3 is 23.8 Å². The van der Waals surface area contributed by atoms with Crippen molar-refractivity contribution in [2.45, 2.75) is 51.2 Å². The Hall–Kier alpha value is -4.49. The van der Waals surface area contributed by atoms with Gasteiger partial charge in [-0.3, -0.25) is 10.1 Å². The van der Waals surface area contributed by atoms with Gasteiger partial charge in [-0.15, -0.1) is 0 Å². The van der Waals surface area contributed by atoms with E-state index in [1.165, 1.54) is 21.4 Å². The Morgan fingerprint density at radius 2 is 1.87 bits per heavy atom. The molecular formula is C33H30F5N5O3. The van der Waals surface area contributed by atoms with Crippen molar-refractivity contribution in [1.82, 2.24) is 19.3 Å². The van der Waals surface area contributed by atoms with Crippen molar-refractivity contribution in [3.63, 3.8) is 0 Å². The highest BCUT2D eigenvalue weighted by atomic mass is 19.4. The van der Waals surface area contributed by atoms with Gasteiger partial charge in [0.25, 0.3) is 0 Å². The Morgan fingerprint density at radius 3 is 2.52 bits per heavy atom. The molecule has 0 aliphatic carbocycles. The quantitative estimate of drug-likeness (QED) is 0.126. The third-order valence-electron chi connectivity index (χ3n) is 8.55. The molecule has 0 radical (unpaired) electrons. The van der Waals surface area contributed by atoms with Gasteiger partial charge in [-0.25, -0.2) is 13.8 Å². The molecule has 8 nitrogen and oxygen atoms in total. The van der Waals surface area contributed by atoms with Gasteiger partial charge in [0, 0.05) is 36.4 Å². The molecule has 240 valence electrons. The molecule has 1 fully saturated rings. The predicted octanol–water partition coefficient (Wildman–Crippen LogP) is 6.48. The summed E-state index contributed by atoms with van der Waals surface area (Å²) in [4.78, 5) is 18.2. The number of carbonyl (C=O) groups excluding carboxylic acids is 1. The first-order chi connectivity index (χ1) is 21.7. The number of aromatic nitrogens is 3. The largest absolute Gasteiger partial charge is 0.487 e. The maximum absolute atomic E-state index is 15.3. The number of fused-ring (bicyclic) bond motifs is 4. The molecule has 5 aromatic rings. The number of benzene rings is 2. The molecule has 2 aliphatic rings. The highest BCUT2D eigenvalue weighted by molar-refractivity contribution is 6.10. The van der Waals surface area contributed by atoms with Crippen molar-refractivity contribution in [3.05, 3.63) is 82.9 Å². The Bertz CT molecular complexity index is 2020. The minimum absolute atomic E-state index is 0.000489. The first-order valence-electron chi connectivity index (χ1n) is 14.7. The van der Waals surface area contributed by atoms with Crippen LogP contribution in [0.3, 0.4) is 0 Å². The summed E-state index contributed by atoms with van der Waals surface area (Å²) in [5.74, 6) is -2.62. The Balaban J connectivity index is 1.34. The summed E-state index contributed by atoms with van der Waals surface area (Å²) in [6.07, 6.45) is -2.62. The summed E-state index contributed by atoms with van der Waals surface area (Å²) in [5.41, 5.74) is -0.348. The van der Waals surface area contributed by atoms with E-state index < -0.39 is 47.1 Å². The number of hydrogen-bond donors (Lipinski definition) is 2. The molecule has 1 saturated heterocycles. The van der Waals surface area contributed by atoms with Crippen molar-refractivity contribution in [1.29, 1.82) is 0 Å². The van der Waals surface area contributed by atoms with Crippen molar-refractivity contribution >= 4 is 28.0 Å². The van der Waals surface area contributed by atoms with Gasteiger partial charge in [-0.05, 0) is 56.7 Å². The highest BCUT2D eigenvalue weighted by Crippen LogP contribution is 2.49. The lowest BCUT2D eigenvalue weighted by Crippen LogP contribution is -2.61. The van der Waals surface area contributed by atoms with E-state index in [1.807, 2.05) is 6.92 Å². The normalized spacial score (nSPS) is 18.0. The Morgan fingerprint density at radius 1 is 1.15 bits per heavy atom. The van der Waals surface area contributed by atoms with E-state index in [9.17, 15) is 18.0 Å². The number of imidazole rings is 1. The average Bonchev–Trinajstić information content (AvgIpc) is 3.52. The summed E-state index contributed by atoms with van der Waals surface area (Å²) in [6.45, 7) is 6.30. The number of nitrogens with one attached hydrogen (secondary N) is 2. The van der Waals surface area contributed by atoms with Gasteiger partial charge in [0.15, 0.2) is 5.75 Å². The van der Waals surface area contributed by atoms with Crippen molar-refractivity contribution in [2.24, 2.45) is 7.05 Å². The molecule has 5 heterocycles. The molecule has 2 aliphatic heterocycles. The van der Waals surface area contributed by atoms with Crippen LogP contribution in [0.2, 0.25) is 0 Å². The molecule has 0 spiro atoms. The van der Waals surface area contributed by atoms with Gasteiger partial charge in [-0.1, -0.05) is 6.07 Å². The number of anilines is 1. The fourth-order valence-corrected chi connectivity index (χ4v) is 6.52. The summed E-state index contributed by atoms with van der Waals surface area (Å²) >= 11 is 0. The zero-order chi connectivity index (χ0) is 32.7. The van der Waals surface area contributed by atoms with E-state index in [0.29, 0.717) is 24.3 Å². The summed E-state index contributed by atoms with van der Waals surface area (Å²) in [6, 6.07) is 7.57. The van der Waals surface area contributed by atoms with Crippen molar-refractivity contribution < 1.29 is 36.2 Å². The van der Waals surface area contributed by atoms with Gasteiger partial charge in [0.1, 0.15) is 28.9 Å². The molecular weight excluding hydrogens is 609 g/mol. The standard InChI is InChI=1S/C33H30F5N5O3/c1-16-8-18-11-25(30(44)19-9-22(34)27(23(35)10-19)40-17(2)41-32(3)13-45-14-32)43-7-5-6-20(29(18)43)26-21(33(36,37)38)12-24-28(31(26)46-16)39-15-42(24)4/h5-7,9-12,15-17,40-41H,8,13-14H2,1-4H3. The molecule has 46 heavy (non-hydrogen) atoms. The van der Waals surface area contributed by atoms with Crippen LogP contribution < -0.4 is 15.4 Å². The van der Waals surface area contributed by atoms with E-state index in [-0.39, 0.29) is 51.1 Å². The number of carbonyl (C=O) groups is 1. The van der Waals surface area contributed by atoms with E-state index in [2.05, 4.69) is 15.6 Å². The van der Waals surface area contributed by atoms with E-state index in [0.717, 1.165) is 18.2 Å². The van der Waals surface area contributed by atoms with E-state index >= 15 is 8.78 Å². The maximum Gasteiger partial charge on any atom is 0.417 e. The molecule has 2 aromatic carbocycles. The first-order valence-corrected chi connectivity index (χ1v) is 14.7. The number of rotatable bonds is 6. The molecule has 2 unspecified atom stereocenters. The highest BCUT2D eigenvalue weighted by Gasteiger charge is 2.39. The Labute approximate surface area is 260 Å². The van der Waals surface area contributed by atoms with Crippen LogP contribution in [-0.2, 0) is 24.4 Å². The van der Waals surface area contributed by atoms with Crippen LogP contribution in [0.15, 0.2) is 48.9 Å². The number of ether oxygens (including phenoxy) is 2. The van der Waals surface area contributed by atoms with Crippen LogP contribution in [0.25, 0.3) is 27.7 Å². The summed E-state index contributed by atoms with van der Waals surface area (Å²) in [5, 5.41) is 6.00. The minimum atomic E-state index is -4.74. The second kappa shape index (κ2) is 10.5. The summed E-state index contributed by atoms with van der Waals surface area (Å²) in [7, 11) is 1.61. The van der Waals surface area contributed by atoms with Crippen LogP contribution in [0.4, 0.5) is 27.6 Å².